The van der Waals surface area contributed by atoms with Crippen molar-refractivity contribution in [1.82, 2.24) is 4.98 Å². The van der Waals surface area contributed by atoms with Crippen molar-refractivity contribution in [1.29, 1.82) is 0 Å². The van der Waals surface area contributed by atoms with Gasteiger partial charge in [-0.2, -0.15) is 0 Å². The minimum atomic E-state index is -5.49. The van der Waals surface area contributed by atoms with E-state index in [0.717, 1.165) is 0 Å². The van der Waals surface area contributed by atoms with Crippen LogP contribution in [0.2, 0.25) is 0 Å². The smallest absolute Gasteiger partial charge is 0.342 e. The Morgan fingerprint density at radius 1 is 1.16 bits per heavy atom. The minimum absolute atomic E-state index is 0.196. The van der Waals surface area contributed by atoms with E-state index in [0.29, 0.717) is 5.56 Å². The van der Waals surface area contributed by atoms with E-state index in [4.69, 9.17) is 14.9 Å². The van der Waals surface area contributed by atoms with Crippen molar-refractivity contribution < 1.29 is 48.5 Å². The molecule has 2 atom stereocenters. The van der Waals surface area contributed by atoms with Gasteiger partial charge in [0.25, 0.3) is 0 Å². The number of aliphatic carboxylic acids is 2. The molecule has 13 heteroatoms. The van der Waals surface area contributed by atoms with Gasteiger partial charge in [-0.3, -0.25) is 23.7 Å². The number of pyridine rings is 1. The number of hydrogen-bond acceptors (Lipinski definition) is 5. The number of aryl methyl sites for hydroxylation is 1. The summed E-state index contributed by atoms with van der Waals surface area (Å²) in [7, 11) is -10.8. The van der Waals surface area contributed by atoms with Gasteiger partial charge in [-0.05, 0) is 30.9 Å². The highest BCUT2D eigenvalue weighted by atomic mass is 31.2. The average Bonchev–Trinajstić information content (AvgIpc) is 2.45. The number of carbonyl (C=O) groups is 2. The maximum absolute atomic E-state index is 11.9. The zero-order valence-corrected chi connectivity index (χ0v) is 14.5. The van der Waals surface area contributed by atoms with Crippen LogP contribution in [0, 0.1) is 0 Å². The lowest BCUT2D eigenvalue weighted by molar-refractivity contribution is -0.142. The molecule has 1 aromatic rings. The van der Waals surface area contributed by atoms with Crippen LogP contribution in [0.3, 0.4) is 0 Å². The predicted molar refractivity (Wildman–Crippen MR) is 83.1 cm³/mol. The summed E-state index contributed by atoms with van der Waals surface area (Å²) in [5, 5.41) is 15.4. The number of rotatable bonds is 9. The Labute approximate surface area is 141 Å². The highest BCUT2D eigenvalue weighted by Gasteiger charge is 2.57. The number of nitrogens with zero attached hydrogens (tertiary/aromatic N) is 1. The van der Waals surface area contributed by atoms with Crippen LogP contribution < -0.4 is 0 Å². The second kappa shape index (κ2) is 7.74. The molecule has 0 spiro atoms. The first-order chi connectivity index (χ1) is 11.3. The van der Waals surface area contributed by atoms with Crippen molar-refractivity contribution in [2.75, 3.05) is 0 Å². The molecule has 0 fully saturated rings. The molecule has 25 heavy (non-hydrogen) atoms. The van der Waals surface area contributed by atoms with Crippen molar-refractivity contribution in [3.63, 3.8) is 0 Å². The Morgan fingerprint density at radius 2 is 1.76 bits per heavy atom. The van der Waals surface area contributed by atoms with Gasteiger partial charge in [-0.15, -0.1) is 0 Å². The number of carboxylic acid groups (broad SMARTS) is 2. The Kier molecular flexibility index (Phi) is 6.63. The van der Waals surface area contributed by atoms with Crippen molar-refractivity contribution in [3.05, 3.63) is 30.1 Å². The molecule has 11 nitrogen and oxygen atoms in total. The summed E-state index contributed by atoms with van der Waals surface area (Å²) in [6.45, 7) is 0. The van der Waals surface area contributed by atoms with Gasteiger partial charge in [-0.25, -0.2) is 0 Å². The van der Waals surface area contributed by atoms with E-state index in [-0.39, 0.29) is 6.42 Å². The first-order valence-corrected chi connectivity index (χ1v) is 10.1. The van der Waals surface area contributed by atoms with Gasteiger partial charge >= 0.3 is 27.1 Å². The summed E-state index contributed by atoms with van der Waals surface area (Å²) in [5.74, 6) is -4.08. The second-order valence-corrected chi connectivity index (χ2v) is 9.13. The lowest BCUT2D eigenvalue weighted by atomic mass is 9.94. The molecule has 140 valence electrons. The molecular formula is C12H17NO10P2. The van der Waals surface area contributed by atoms with Crippen molar-refractivity contribution in [3.8, 4) is 0 Å². The van der Waals surface area contributed by atoms with Crippen LogP contribution in [-0.4, -0.2) is 57.5 Å². The highest BCUT2D eigenvalue weighted by molar-refractivity contribution is 7.55. The Balaban J connectivity index is 3.32. The summed E-state index contributed by atoms with van der Waals surface area (Å²) in [4.78, 5) is 63.8. The number of hydrogen-bond donors (Lipinski definition) is 6. The zero-order valence-electron chi connectivity index (χ0n) is 12.7. The molecule has 6 N–H and O–H groups in total. The lowest BCUT2D eigenvalue weighted by Gasteiger charge is -2.32. The third-order valence-electron chi connectivity index (χ3n) is 3.73. The fraction of sp³-hybridized carbons (Fsp3) is 0.417. The van der Waals surface area contributed by atoms with Gasteiger partial charge in [0.2, 0.25) is 0 Å². The fourth-order valence-electron chi connectivity index (χ4n) is 2.25. The molecule has 1 heterocycles. The van der Waals surface area contributed by atoms with Gasteiger partial charge in [0.15, 0.2) is 10.8 Å². The van der Waals surface area contributed by atoms with Crippen LogP contribution in [0.4, 0.5) is 0 Å². The Hall–Kier alpha value is -1.61. The van der Waals surface area contributed by atoms with E-state index < -0.39 is 50.8 Å². The molecule has 0 saturated carbocycles. The summed E-state index contributed by atoms with van der Waals surface area (Å²) >= 11 is 0. The zero-order chi connectivity index (χ0) is 19.5. The van der Waals surface area contributed by atoms with Gasteiger partial charge < -0.3 is 29.8 Å². The van der Waals surface area contributed by atoms with Crippen LogP contribution in [-0.2, 0) is 25.1 Å². The van der Waals surface area contributed by atoms with Gasteiger partial charge in [0.05, 0.1) is 0 Å². The van der Waals surface area contributed by atoms with Gasteiger partial charge in [0.1, 0.15) is 0 Å². The van der Waals surface area contributed by atoms with Crippen LogP contribution in [0.5, 0.6) is 0 Å². The molecule has 0 aromatic carbocycles. The molecule has 0 aliphatic rings. The lowest BCUT2D eigenvalue weighted by Crippen LogP contribution is -2.44. The third kappa shape index (κ3) is 5.18. The largest absolute Gasteiger partial charge is 0.481 e. The molecule has 1 aromatic heterocycles. The normalized spacial score (nSPS) is 16.0. The molecule has 2 unspecified atom stereocenters. The van der Waals surface area contributed by atoms with Gasteiger partial charge in [0, 0.05) is 12.4 Å². The first kappa shape index (κ1) is 21.4. The molecule has 0 bridgehead atoms. The molecule has 0 aliphatic carbocycles. The van der Waals surface area contributed by atoms with E-state index in [1.165, 1.54) is 24.5 Å². The van der Waals surface area contributed by atoms with E-state index in [1.54, 1.807) is 0 Å². The maximum Gasteiger partial charge on any atom is 0.342 e. The number of carboxylic acids is 2. The average molecular weight is 397 g/mol. The third-order valence-corrected chi connectivity index (χ3v) is 6.66. The second-order valence-electron chi connectivity index (χ2n) is 5.39. The number of aromatic nitrogens is 1. The molecule has 0 radical (unpaired) electrons. The summed E-state index contributed by atoms with van der Waals surface area (Å²) < 4.78 is 23.2. The summed E-state index contributed by atoms with van der Waals surface area (Å²) in [5.41, 5.74) is -2.14. The Morgan fingerprint density at radius 3 is 2.12 bits per heavy atom. The molecule has 0 saturated heterocycles. The van der Waals surface area contributed by atoms with Crippen molar-refractivity contribution in [2.24, 2.45) is 0 Å². The van der Waals surface area contributed by atoms with E-state index in [2.05, 4.69) is 4.98 Å². The van der Waals surface area contributed by atoms with Crippen LogP contribution >= 0.6 is 15.2 Å². The van der Waals surface area contributed by atoms with Crippen LogP contribution in [0.1, 0.15) is 18.4 Å². The monoisotopic (exact) mass is 397 g/mol. The molecule has 0 amide bonds. The quantitative estimate of drug-likeness (QED) is 0.307. The van der Waals surface area contributed by atoms with Crippen molar-refractivity contribution >= 4 is 27.1 Å². The van der Waals surface area contributed by atoms with E-state index in [9.17, 15) is 33.6 Å². The van der Waals surface area contributed by atoms with Crippen molar-refractivity contribution in [2.45, 2.75) is 30.1 Å². The van der Waals surface area contributed by atoms with E-state index >= 15 is 0 Å². The SMILES string of the molecule is O=C(O)C(CC(CCc1cccnc1)(C(=O)O)P(=O)(O)O)P(=O)(O)O. The minimum Gasteiger partial charge on any atom is -0.481 e. The van der Waals surface area contributed by atoms with Crippen LogP contribution in [0.15, 0.2) is 24.5 Å². The summed E-state index contributed by atoms with van der Waals surface area (Å²) in [6, 6.07) is 3.02. The Bertz CT molecular complexity index is 727. The first-order valence-electron chi connectivity index (χ1n) is 6.77. The maximum atomic E-state index is 11.9. The predicted octanol–water partition coefficient (Wildman–Crippen LogP) is 0.0363. The molecular weight excluding hydrogens is 380 g/mol. The van der Waals surface area contributed by atoms with Gasteiger partial charge in [-0.1, -0.05) is 6.07 Å². The molecule has 1 rings (SSSR count). The molecule has 0 aliphatic heterocycles. The summed E-state index contributed by atoms with van der Waals surface area (Å²) in [6.07, 6.45) is 0.391. The fourth-order valence-corrected chi connectivity index (χ4v) is 4.31. The van der Waals surface area contributed by atoms with Crippen LogP contribution in [0.25, 0.3) is 0 Å². The van der Waals surface area contributed by atoms with E-state index in [1.807, 2.05) is 0 Å². The highest BCUT2D eigenvalue weighted by Crippen LogP contribution is 2.59. The topological polar surface area (TPSA) is 203 Å². The standard InChI is InChI=1S/C12H17NO10P2/c14-10(15)9(24(18,19)20)6-12(11(16)17,25(21,22)23)4-3-8-2-1-5-13-7-8/h1-2,5,7,9H,3-4,6H2,(H,14,15)(H,16,17)(H2,18,19,20)(H2,21,22,23).